The van der Waals surface area contributed by atoms with Crippen molar-refractivity contribution in [1.29, 1.82) is 0 Å². The number of rotatable bonds is 4. The van der Waals surface area contributed by atoms with Crippen LogP contribution in [0.5, 0.6) is 0 Å². The minimum absolute atomic E-state index is 0.136. The highest BCUT2D eigenvalue weighted by Gasteiger charge is 2.58. The molecule has 1 aliphatic heterocycles. The van der Waals surface area contributed by atoms with E-state index in [4.69, 9.17) is 14.2 Å². The highest BCUT2D eigenvalue weighted by atomic mass is 19.1. The zero-order valence-electron chi connectivity index (χ0n) is 12.4. The van der Waals surface area contributed by atoms with Crippen LogP contribution in [0.4, 0.5) is 4.39 Å². The molecule has 0 aliphatic carbocycles. The summed E-state index contributed by atoms with van der Waals surface area (Å²) in [7, 11) is 1.26. The lowest BCUT2D eigenvalue weighted by atomic mass is 10.1. The third-order valence-corrected chi connectivity index (χ3v) is 3.58. The Kier molecular flexibility index (Phi) is 4.47. The van der Waals surface area contributed by atoms with E-state index in [0.29, 0.717) is 0 Å². The van der Waals surface area contributed by atoms with Gasteiger partial charge in [0.25, 0.3) is 5.56 Å². The quantitative estimate of drug-likeness (QED) is 0.790. The van der Waals surface area contributed by atoms with E-state index in [1.54, 1.807) is 6.92 Å². The van der Waals surface area contributed by atoms with Gasteiger partial charge in [-0.05, 0) is 0 Å². The molecule has 0 amide bonds. The summed E-state index contributed by atoms with van der Waals surface area (Å²) in [6.45, 7) is 2.76. The minimum Gasteiger partial charge on any atom is -0.454 e. The van der Waals surface area contributed by atoms with Crippen LogP contribution in [-0.4, -0.2) is 40.7 Å². The van der Waals surface area contributed by atoms with Gasteiger partial charge in [0.2, 0.25) is 5.79 Å². The van der Waals surface area contributed by atoms with Crippen molar-refractivity contribution in [2.75, 3.05) is 7.11 Å². The maximum absolute atomic E-state index is 14.7. The summed E-state index contributed by atoms with van der Waals surface area (Å²) in [5, 5.41) is 0. The number of aromatic nitrogens is 2. The normalized spacial score (nSPS) is 31.2. The van der Waals surface area contributed by atoms with Crippen molar-refractivity contribution in [3.8, 4) is 0 Å². The van der Waals surface area contributed by atoms with E-state index in [1.807, 2.05) is 4.98 Å². The molecule has 122 valence electrons. The smallest absolute Gasteiger partial charge is 0.330 e. The Balaban J connectivity index is 2.49. The molecular formula is C13H17FN2O6. The second-order valence-corrected chi connectivity index (χ2v) is 4.87. The maximum Gasteiger partial charge on any atom is 0.330 e. The van der Waals surface area contributed by atoms with Gasteiger partial charge in [-0.15, -0.1) is 0 Å². The molecule has 1 saturated heterocycles. The van der Waals surface area contributed by atoms with Crippen LogP contribution in [0.15, 0.2) is 21.9 Å². The van der Waals surface area contributed by atoms with Gasteiger partial charge in [0.15, 0.2) is 18.5 Å². The van der Waals surface area contributed by atoms with Crippen LogP contribution in [0, 0.1) is 0 Å². The molecule has 2 rings (SSSR count). The van der Waals surface area contributed by atoms with Crippen LogP contribution in [0.1, 0.15) is 26.5 Å². The van der Waals surface area contributed by atoms with Gasteiger partial charge in [-0.25, -0.2) is 9.18 Å². The summed E-state index contributed by atoms with van der Waals surface area (Å²) >= 11 is 0. The average molecular weight is 316 g/mol. The summed E-state index contributed by atoms with van der Waals surface area (Å²) in [6.07, 6.45) is -3.13. The first-order valence-electron chi connectivity index (χ1n) is 6.70. The predicted molar refractivity (Wildman–Crippen MR) is 71.9 cm³/mol. The molecule has 1 N–H and O–H groups in total. The van der Waals surface area contributed by atoms with Crippen molar-refractivity contribution in [2.45, 2.75) is 44.6 Å². The fourth-order valence-corrected chi connectivity index (χ4v) is 2.47. The van der Waals surface area contributed by atoms with Crippen LogP contribution in [0.25, 0.3) is 0 Å². The Bertz CT molecular complexity index is 665. The number of carbonyl (C=O) groups excluding carboxylic acids is 1. The number of aromatic amines is 1. The number of hydrogen-bond donors (Lipinski definition) is 1. The van der Waals surface area contributed by atoms with E-state index in [-0.39, 0.29) is 6.42 Å². The Morgan fingerprint density at radius 3 is 2.73 bits per heavy atom. The molecule has 22 heavy (non-hydrogen) atoms. The van der Waals surface area contributed by atoms with Crippen LogP contribution >= 0.6 is 0 Å². The molecule has 0 spiro atoms. The van der Waals surface area contributed by atoms with Crippen molar-refractivity contribution in [3.05, 3.63) is 33.1 Å². The summed E-state index contributed by atoms with van der Waals surface area (Å²) in [4.78, 5) is 36.3. The van der Waals surface area contributed by atoms with Gasteiger partial charge in [0, 0.05) is 32.7 Å². The standard InChI is InChI=1S/C13H17FN2O6/c1-4-13(20-3)10(14)9(21-7(2)17)11(22-13)16-6-5-8(18)15-12(16)19/h5-6,9-11H,4H2,1-3H3,(H,15,18,19)/t9-,10+,11-,13-/m1/s1. The summed E-state index contributed by atoms with van der Waals surface area (Å²) in [5.74, 6) is -2.36. The highest BCUT2D eigenvalue weighted by molar-refractivity contribution is 5.66. The number of methoxy groups -OCH3 is 1. The number of carbonyl (C=O) groups is 1. The molecule has 2 heterocycles. The molecule has 4 atom stereocenters. The number of nitrogens with one attached hydrogen (secondary N) is 1. The SMILES string of the molecule is CC[C@@]1(OC)O[C@@H](n2ccc(=O)[nH]c2=O)[C@H](OC(C)=O)[C@@H]1F. The number of hydrogen-bond acceptors (Lipinski definition) is 6. The van der Waals surface area contributed by atoms with E-state index in [1.165, 1.54) is 7.11 Å². The summed E-state index contributed by atoms with van der Waals surface area (Å²) < 4.78 is 31.3. The molecule has 0 unspecified atom stereocenters. The molecule has 1 fully saturated rings. The Morgan fingerprint density at radius 1 is 1.55 bits per heavy atom. The number of nitrogens with zero attached hydrogens (tertiary/aromatic N) is 1. The fourth-order valence-electron chi connectivity index (χ4n) is 2.47. The van der Waals surface area contributed by atoms with E-state index < -0.39 is 41.5 Å². The van der Waals surface area contributed by atoms with E-state index in [2.05, 4.69) is 0 Å². The first-order chi connectivity index (χ1) is 10.3. The molecule has 0 saturated carbocycles. The number of H-pyrrole nitrogens is 1. The Morgan fingerprint density at radius 2 is 2.23 bits per heavy atom. The van der Waals surface area contributed by atoms with E-state index >= 15 is 0 Å². The molecule has 1 aliphatic rings. The fraction of sp³-hybridized carbons (Fsp3) is 0.615. The van der Waals surface area contributed by atoms with Gasteiger partial charge in [-0.3, -0.25) is 19.1 Å². The maximum atomic E-state index is 14.7. The lowest BCUT2D eigenvalue weighted by Gasteiger charge is -2.27. The number of halogens is 1. The lowest BCUT2D eigenvalue weighted by molar-refractivity contribution is -0.245. The van der Waals surface area contributed by atoms with Crippen molar-refractivity contribution in [2.24, 2.45) is 0 Å². The minimum atomic E-state index is -1.80. The van der Waals surface area contributed by atoms with Crippen LogP contribution in [0.3, 0.4) is 0 Å². The monoisotopic (exact) mass is 316 g/mol. The van der Waals surface area contributed by atoms with Crippen molar-refractivity contribution in [3.63, 3.8) is 0 Å². The molecule has 0 aromatic carbocycles. The summed E-state index contributed by atoms with van der Waals surface area (Å²) in [5.41, 5.74) is -1.40. The van der Waals surface area contributed by atoms with Gasteiger partial charge in [0.1, 0.15) is 0 Å². The topological polar surface area (TPSA) is 99.6 Å². The predicted octanol–water partition coefficient (Wildman–Crippen LogP) is 0.0879. The first-order valence-corrected chi connectivity index (χ1v) is 6.70. The van der Waals surface area contributed by atoms with Crippen molar-refractivity contribution < 1.29 is 23.4 Å². The van der Waals surface area contributed by atoms with Crippen LogP contribution < -0.4 is 11.2 Å². The Hall–Kier alpha value is -2.00. The zero-order valence-corrected chi connectivity index (χ0v) is 12.4. The van der Waals surface area contributed by atoms with E-state index in [9.17, 15) is 18.8 Å². The number of esters is 1. The van der Waals surface area contributed by atoms with Gasteiger partial charge >= 0.3 is 11.7 Å². The van der Waals surface area contributed by atoms with Crippen LogP contribution in [-0.2, 0) is 19.0 Å². The van der Waals surface area contributed by atoms with Gasteiger partial charge in [0.05, 0.1) is 0 Å². The largest absolute Gasteiger partial charge is 0.454 e. The first kappa shape index (κ1) is 16.4. The second-order valence-electron chi connectivity index (χ2n) is 4.87. The van der Waals surface area contributed by atoms with E-state index in [0.717, 1.165) is 23.8 Å². The highest BCUT2D eigenvalue weighted by Crippen LogP contribution is 2.42. The van der Waals surface area contributed by atoms with Gasteiger partial charge in [-0.1, -0.05) is 6.92 Å². The molecule has 0 bridgehead atoms. The molecule has 8 nitrogen and oxygen atoms in total. The third kappa shape index (κ3) is 2.69. The van der Waals surface area contributed by atoms with Crippen molar-refractivity contribution >= 4 is 5.97 Å². The van der Waals surface area contributed by atoms with Crippen LogP contribution in [0.2, 0.25) is 0 Å². The number of alkyl halides is 1. The molecule has 1 aromatic heterocycles. The van der Waals surface area contributed by atoms with Gasteiger partial charge in [-0.2, -0.15) is 0 Å². The molecular weight excluding hydrogens is 299 g/mol. The third-order valence-electron chi connectivity index (χ3n) is 3.58. The van der Waals surface area contributed by atoms with Gasteiger partial charge < -0.3 is 14.2 Å². The summed E-state index contributed by atoms with van der Waals surface area (Å²) in [6, 6.07) is 1.08. The molecule has 0 radical (unpaired) electrons. The second kappa shape index (κ2) is 6.01. The molecule has 9 heteroatoms. The molecule has 1 aromatic rings. The lowest BCUT2D eigenvalue weighted by Crippen LogP contribution is -2.42. The average Bonchev–Trinajstić information content (AvgIpc) is 2.73. The van der Waals surface area contributed by atoms with Crippen molar-refractivity contribution in [1.82, 2.24) is 9.55 Å². The zero-order chi connectivity index (χ0) is 16.5. The Labute approximate surface area is 124 Å². The number of ether oxygens (including phenoxy) is 3.